The van der Waals surface area contributed by atoms with Gasteiger partial charge in [0.05, 0.1) is 32.6 Å². The van der Waals surface area contributed by atoms with Gasteiger partial charge in [-0.1, -0.05) is 6.08 Å². The van der Waals surface area contributed by atoms with Gasteiger partial charge >= 0.3 is 0 Å². The summed E-state index contributed by atoms with van der Waals surface area (Å²) < 4.78 is 11.2. The fourth-order valence-electron chi connectivity index (χ4n) is 3.36. The smallest absolute Gasteiger partial charge is 0.230 e. The van der Waals surface area contributed by atoms with Crippen LogP contribution in [0, 0.1) is 17.8 Å². The molecule has 3 aliphatic rings. The molecule has 2 unspecified atom stereocenters. The summed E-state index contributed by atoms with van der Waals surface area (Å²) in [5.74, 6) is 4.00. The highest BCUT2D eigenvalue weighted by Crippen LogP contribution is 2.38. The highest BCUT2D eigenvalue weighted by Gasteiger charge is 2.40. The lowest BCUT2D eigenvalue weighted by Crippen LogP contribution is -2.82. The lowest BCUT2D eigenvalue weighted by Gasteiger charge is -2.28. The highest BCUT2D eigenvalue weighted by atomic mass is 16.7. The molecule has 1 aliphatic carbocycles. The van der Waals surface area contributed by atoms with E-state index in [-0.39, 0.29) is 0 Å². The van der Waals surface area contributed by atoms with Crippen molar-refractivity contribution in [2.45, 2.75) is 6.42 Å². The Balaban J connectivity index is 1.81. The molecule has 2 aliphatic heterocycles. The van der Waals surface area contributed by atoms with Crippen molar-refractivity contribution >= 4 is 0 Å². The van der Waals surface area contributed by atoms with Crippen molar-refractivity contribution in [3.05, 3.63) is 23.7 Å². The Bertz CT molecular complexity index is 345. The SMILES string of the molecule is C[NH2+]CC1C2=C(C=CC1[C@H]1CC[NH2+]C1)OCO2. The fourth-order valence-corrected chi connectivity index (χ4v) is 3.36. The normalized spacial score (nSPS) is 35.7. The van der Waals surface area contributed by atoms with Gasteiger partial charge in [0, 0.05) is 18.3 Å². The van der Waals surface area contributed by atoms with E-state index in [4.69, 9.17) is 9.47 Å². The molecule has 0 aromatic heterocycles. The fraction of sp³-hybridized carbons (Fsp3) is 0.692. The monoisotopic (exact) mass is 238 g/mol. The lowest BCUT2D eigenvalue weighted by atomic mass is 9.77. The van der Waals surface area contributed by atoms with Crippen LogP contribution in [0.25, 0.3) is 0 Å². The third-order valence-corrected chi connectivity index (χ3v) is 4.19. The maximum absolute atomic E-state index is 5.69. The number of rotatable bonds is 3. The largest absolute Gasteiger partial charge is 0.457 e. The molecule has 0 aromatic rings. The van der Waals surface area contributed by atoms with Crippen LogP contribution in [0.15, 0.2) is 23.7 Å². The number of ether oxygens (including phenoxy) is 2. The van der Waals surface area contributed by atoms with Crippen LogP contribution in [-0.4, -0.2) is 33.5 Å². The predicted molar refractivity (Wildman–Crippen MR) is 62.7 cm³/mol. The van der Waals surface area contributed by atoms with Crippen molar-refractivity contribution in [2.75, 3.05) is 33.5 Å². The summed E-state index contributed by atoms with van der Waals surface area (Å²) in [5.41, 5.74) is 0. The maximum Gasteiger partial charge on any atom is 0.230 e. The first-order chi connectivity index (χ1) is 8.40. The molecule has 0 saturated carbocycles. The van der Waals surface area contributed by atoms with Gasteiger partial charge in [-0.3, -0.25) is 0 Å². The van der Waals surface area contributed by atoms with Crippen LogP contribution in [0.4, 0.5) is 0 Å². The molecule has 1 saturated heterocycles. The zero-order valence-corrected chi connectivity index (χ0v) is 10.4. The van der Waals surface area contributed by atoms with E-state index in [1.165, 1.54) is 19.5 Å². The summed E-state index contributed by atoms with van der Waals surface area (Å²) in [6.45, 7) is 4.03. The zero-order valence-electron chi connectivity index (χ0n) is 10.4. The van der Waals surface area contributed by atoms with E-state index in [1.807, 2.05) is 0 Å². The van der Waals surface area contributed by atoms with Crippen molar-refractivity contribution in [3.8, 4) is 0 Å². The summed E-state index contributed by atoms with van der Waals surface area (Å²) in [6, 6.07) is 0. The van der Waals surface area contributed by atoms with Gasteiger partial charge in [0.1, 0.15) is 0 Å². The van der Waals surface area contributed by atoms with Crippen molar-refractivity contribution in [3.63, 3.8) is 0 Å². The third-order valence-electron chi connectivity index (χ3n) is 4.19. The Morgan fingerprint density at radius 1 is 1.47 bits per heavy atom. The minimum Gasteiger partial charge on any atom is -0.457 e. The van der Waals surface area contributed by atoms with Crippen LogP contribution in [0.2, 0.25) is 0 Å². The van der Waals surface area contributed by atoms with Crippen LogP contribution in [0.1, 0.15) is 6.42 Å². The van der Waals surface area contributed by atoms with Gasteiger partial charge in [-0.15, -0.1) is 0 Å². The molecule has 0 spiro atoms. The first kappa shape index (κ1) is 11.1. The quantitative estimate of drug-likeness (QED) is 0.648. The van der Waals surface area contributed by atoms with Gasteiger partial charge in [0.25, 0.3) is 0 Å². The summed E-state index contributed by atoms with van der Waals surface area (Å²) >= 11 is 0. The van der Waals surface area contributed by atoms with Gasteiger partial charge in [-0.05, 0) is 6.08 Å². The summed E-state index contributed by atoms with van der Waals surface area (Å²) in [5, 5.41) is 4.68. The number of quaternary nitrogens is 2. The molecular formula is C13H22N2O2+2. The third kappa shape index (κ3) is 1.96. The number of nitrogens with two attached hydrogens (primary N) is 2. The van der Waals surface area contributed by atoms with E-state index in [2.05, 4.69) is 29.8 Å². The first-order valence-electron chi connectivity index (χ1n) is 6.67. The van der Waals surface area contributed by atoms with Gasteiger partial charge in [0.15, 0.2) is 11.5 Å². The second-order valence-corrected chi connectivity index (χ2v) is 5.18. The molecular weight excluding hydrogens is 216 g/mol. The Morgan fingerprint density at radius 2 is 2.41 bits per heavy atom. The average molecular weight is 238 g/mol. The molecule has 2 heterocycles. The summed E-state index contributed by atoms with van der Waals surface area (Å²) in [6.07, 6.45) is 5.81. The van der Waals surface area contributed by atoms with Crippen molar-refractivity contribution in [1.82, 2.24) is 0 Å². The molecule has 0 aromatic carbocycles. The molecule has 3 rings (SSSR count). The van der Waals surface area contributed by atoms with Gasteiger partial charge in [0.2, 0.25) is 6.79 Å². The molecule has 4 heteroatoms. The summed E-state index contributed by atoms with van der Waals surface area (Å²) in [4.78, 5) is 0. The minimum atomic E-state index is 0.402. The van der Waals surface area contributed by atoms with Crippen LogP contribution >= 0.6 is 0 Å². The molecule has 3 atom stereocenters. The minimum absolute atomic E-state index is 0.402. The van der Waals surface area contributed by atoms with Gasteiger partial charge in [-0.2, -0.15) is 0 Å². The molecule has 4 nitrogen and oxygen atoms in total. The van der Waals surface area contributed by atoms with Crippen LogP contribution < -0.4 is 10.6 Å². The summed E-state index contributed by atoms with van der Waals surface area (Å²) in [7, 11) is 2.13. The van der Waals surface area contributed by atoms with Crippen molar-refractivity contribution in [1.29, 1.82) is 0 Å². The van der Waals surface area contributed by atoms with Crippen LogP contribution in [-0.2, 0) is 9.47 Å². The Kier molecular flexibility index (Phi) is 3.07. The van der Waals surface area contributed by atoms with Gasteiger partial charge in [-0.25, -0.2) is 0 Å². The second kappa shape index (κ2) is 4.70. The van der Waals surface area contributed by atoms with Crippen molar-refractivity contribution in [2.24, 2.45) is 17.8 Å². The molecule has 0 bridgehead atoms. The van der Waals surface area contributed by atoms with E-state index in [1.54, 1.807) is 0 Å². The standard InChI is InChI=1S/C13H20N2O2/c1-14-7-11-10(9-4-5-15-6-9)2-3-12-13(11)17-8-16-12/h2-3,9-11,14-15H,4-8H2,1H3/p+2/t9-,10?,11?/m0/s1. The number of hydrogen-bond donors (Lipinski definition) is 2. The topological polar surface area (TPSA) is 51.7 Å². The highest BCUT2D eigenvalue weighted by molar-refractivity contribution is 5.27. The molecule has 0 radical (unpaired) electrons. The maximum atomic E-state index is 5.69. The molecule has 0 amide bonds. The van der Waals surface area contributed by atoms with E-state index in [0.29, 0.717) is 18.6 Å². The Morgan fingerprint density at radius 3 is 3.18 bits per heavy atom. The predicted octanol–water partition coefficient (Wildman–Crippen LogP) is -1.22. The molecule has 17 heavy (non-hydrogen) atoms. The average Bonchev–Trinajstić information content (AvgIpc) is 3.00. The van der Waals surface area contributed by atoms with E-state index < -0.39 is 0 Å². The van der Waals surface area contributed by atoms with E-state index >= 15 is 0 Å². The Hall–Kier alpha value is -1.00. The van der Waals surface area contributed by atoms with E-state index in [9.17, 15) is 0 Å². The Labute approximate surface area is 102 Å². The number of allylic oxidation sites excluding steroid dienone is 2. The lowest BCUT2D eigenvalue weighted by molar-refractivity contribution is -0.640. The number of hydrogen-bond acceptors (Lipinski definition) is 2. The zero-order chi connectivity index (χ0) is 11.7. The van der Waals surface area contributed by atoms with Gasteiger partial charge < -0.3 is 20.1 Å². The molecule has 1 fully saturated rings. The second-order valence-electron chi connectivity index (χ2n) is 5.18. The van der Waals surface area contributed by atoms with Crippen LogP contribution in [0.3, 0.4) is 0 Å². The molecule has 4 N–H and O–H groups in total. The molecule has 94 valence electrons. The first-order valence-corrected chi connectivity index (χ1v) is 6.67. The van der Waals surface area contributed by atoms with Crippen molar-refractivity contribution < 1.29 is 20.1 Å². The van der Waals surface area contributed by atoms with E-state index in [0.717, 1.165) is 24.0 Å². The van der Waals surface area contributed by atoms with Crippen LogP contribution in [0.5, 0.6) is 0 Å².